The van der Waals surface area contributed by atoms with Gasteiger partial charge in [0.05, 0.1) is 4.92 Å². The summed E-state index contributed by atoms with van der Waals surface area (Å²) in [6.07, 6.45) is 0. The zero-order valence-corrected chi connectivity index (χ0v) is 16.5. The third-order valence-corrected chi connectivity index (χ3v) is 5.63. The molecule has 0 aromatic heterocycles. The van der Waals surface area contributed by atoms with Crippen LogP contribution in [0.15, 0.2) is 36.4 Å². The fourth-order valence-corrected chi connectivity index (χ4v) is 4.16. The summed E-state index contributed by atoms with van der Waals surface area (Å²) in [4.78, 5) is 25.5. The number of benzene rings is 2. The maximum Gasteiger partial charge on any atom is 0.283 e. The lowest BCUT2D eigenvalue weighted by atomic mass is 10.1. The van der Waals surface area contributed by atoms with Gasteiger partial charge in [-0.1, -0.05) is 23.7 Å². The predicted molar refractivity (Wildman–Crippen MR) is 110 cm³/mol. The fraction of sp³-hybridized carbons (Fsp3) is 0.316. The second-order valence-electron chi connectivity index (χ2n) is 6.41. The quantitative estimate of drug-likeness (QED) is 0.591. The highest BCUT2D eigenvalue weighted by Gasteiger charge is 2.21. The van der Waals surface area contributed by atoms with Crippen LogP contribution in [-0.4, -0.2) is 40.3 Å². The molecule has 1 N–H and O–H groups in total. The van der Waals surface area contributed by atoms with E-state index < -0.39 is 10.8 Å². The lowest BCUT2D eigenvalue weighted by Gasteiger charge is -2.26. The first-order valence-corrected chi connectivity index (χ1v) is 10.1. The number of carbonyl (C=O) groups is 1. The SMILES string of the molecule is Cc1cc(CN2CCSCC2)ccc1NC(=O)c1ccc(Cl)cc1[N+](=O)[O-]. The molecule has 2 aromatic rings. The van der Waals surface area contributed by atoms with Gasteiger partial charge in [0.1, 0.15) is 5.56 Å². The monoisotopic (exact) mass is 405 g/mol. The molecule has 27 heavy (non-hydrogen) atoms. The molecule has 1 aliphatic rings. The van der Waals surface area contributed by atoms with Crippen LogP contribution in [0.5, 0.6) is 0 Å². The third kappa shape index (κ3) is 5.00. The molecule has 0 spiro atoms. The number of anilines is 1. The number of thioether (sulfide) groups is 1. The molecule has 3 rings (SSSR count). The van der Waals surface area contributed by atoms with Gasteiger partial charge >= 0.3 is 0 Å². The molecule has 2 aromatic carbocycles. The number of hydrogen-bond donors (Lipinski definition) is 1. The molecule has 142 valence electrons. The molecule has 8 heteroatoms. The molecule has 1 saturated heterocycles. The Morgan fingerprint density at radius 2 is 2.00 bits per heavy atom. The van der Waals surface area contributed by atoms with Crippen molar-refractivity contribution in [2.24, 2.45) is 0 Å². The number of amides is 1. The second-order valence-corrected chi connectivity index (χ2v) is 8.07. The summed E-state index contributed by atoms with van der Waals surface area (Å²) >= 11 is 7.79. The topological polar surface area (TPSA) is 75.5 Å². The molecular formula is C19H20ClN3O3S. The minimum absolute atomic E-state index is 0.0151. The first-order chi connectivity index (χ1) is 12.9. The summed E-state index contributed by atoms with van der Waals surface area (Å²) < 4.78 is 0. The van der Waals surface area contributed by atoms with E-state index in [0.29, 0.717) is 5.69 Å². The van der Waals surface area contributed by atoms with Crippen molar-refractivity contribution in [1.82, 2.24) is 4.90 Å². The van der Waals surface area contributed by atoms with Crippen molar-refractivity contribution in [3.05, 3.63) is 68.2 Å². The van der Waals surface area contributed by atoms with Gasteiger partial charge in [-0.2, -0.15) is 11.8 Å². The van der Waals surface area contributed by atoms with Gasteiger partial charge in [-0.3, -0.25) is 19.8 Å². The maximum absolute atomic E-state index is 12.5. The van der Waals surface area contributed by atoms with Crippen LogP contribution < -0.4 is 5.32 Å². The fourth-order valence-electron chi connectivity index (χ4n) is 3.02. The Balaban J connectivity index is 1.74. The standard InChI is InChI=1S/C19H20ClN3O3S/c1-13-10-14(12-22-6-8-27-9-7-22)2-5-17(13)21-19(24)16-4-3-15(20)11-18(16)23(25)26/h2-5,10-11H,6-9,12H2,1H3,(H,21,24). The van der Waals surface area contributed by atoms with E-state index in [2.05, 4.69) is 10.2 Å². The van der Waals surface area contributed by atoms with Gasteiger partial charge in [0.25, 0.3) is 11.6 Å². The third-order valence-electron chi connectivity index (χ3n) is 4.45. The Kier molecular flexibility index (Phi) is 6.36. The summed E-state index contributed by atoms with van der Waals surface area (Å²) in [5.74, 6) is 1.79. The van der Waals surface area contributed by atoms with E-state index in [4.69, 9.17) is 11.6 Å². The molecule has 0 atom stereocenters. The van der Waals surface area contributed by atoms with Crippen molar-refractivity contribution in [1.29, 1.82) is 0 Å². The predicted octanol–water partition coefficient (Wildman–Crippen LogP) is 4.36. The summed E-state index contributed by atoms with van der Waals surface area (Å²) in [7, 11) is 0. The van der Waals surface area contributed by atoms with E-state index in [1.165, 1.54) is 23.8 Å². The van der Waals surface area contributed by atoms with E-state index in [9.17, 15) is 14.9 Å². The Morgan fingerprint density at radius 3 is 2.67 bits per heavy atom. The molecule has 6 nitrogen and oxygen atoms in total. The molecule has 0 saturated carbocycles. The number of halogens is 1. The Bertz CT molecular complexity index is 869. The molecule has 0 radical (unpaired) electrons. The number of nitrogens with one attached hydrogen (secondary N) is 1. The summed E-state index contributed by atoms with van der Waals surface area (Å²) in [5, 5.41) is 14.2. The van der Waals surface area contributed by atoms with Gasteiger partial charge in [0, 0.05) is 47.9 Å². The number of carbonyl (C=O) groups excluding carboxylic acids is 1. The number of nitro groups is 1. The average molecular weight is 406 g/mol. The lowest BCUT2D eigenvalue weighted by Crippen LogP contribution is -2.31. The Hall–Kier alpha value is -2.09. The van der Waals surface area contributed by atoms with Crippen LogP contribution in [0.2, 0.25) is 5.02 Å². The zero-order valence-electron chi connectivity index (χ0n) is 14.9. The Labute approximate surface area is 167 Å². The van der Waals surface area contributed by atoms with E-state index in [1.807, 2.05) is 36.9 Å². The first-order valence-electron chi connectivity index (χ1n) is 8.59. The van der Waals surface area contributed by atoms with Gasteiger partial charge in [0.2, 0.25) is 0 Å². The Morgan fingerprint density at radius 1 is 1.26 bits per heavy atom. The number of rotatable bonds is 5. The number of nitrogens with zero attached hydrogens (tertiary/aromatic N) is 2. The van der Waals surface area contributed by atoms with Crippen molar-refractivity contribution in [3.8, 4) is 0 Å². The van der Waals surface area contributed by atoms with Crippen LogP contribution in [0, 0.1) is 17.0 Å². The smallest absolute Gasteiger partial charge is 0.283 e. The average Bonchev–Trinajstić information content (AvgIpc) is 2.64. The van der Waals surface area contributed by atoms with Crippen LogP contribution in [-0.2, 0) is 6.54 Å². The number of hydrogen-bond acceptors (Lipinski definition) is 5. The van der Waals surface area contributed by atoms with Crippen molar-refractivity contribution < 1.29 is 9.72 Å². The van der Waals surface area contributed by atoms with Crippen molar-refractivity contribution in [2.75, 3.05) is 29.9 Å². The lowest BCUT2D eigenvalue weighted by molar-refractivity contribution is -0.385. The normalized spacial score (nSPS) is 14.7. The zero-order chi connectivity index (χ0) is 19.4. The maximum atomic E-state index is 12.5. The first kappa shape index (κ1) is 19.7. The molecule has 0 bridgehead atoms. The van der Waals surface area contributed by atoms with Crippen LogP contribution in [0.1, 0.15) is 21.5 Å². The van der Waals surface area contributed by atoms with E-state index in [-0.39, 0.29) is 16.3 Å². The highest BCUT2D eigenvalue weighted by Crippen LogP contribution is 2.25. The molecule has 0 unspecified atom stereocenters. The van der Waals surface area contributed by atoms with Crippen LogP contribution in [0.3, 0.4) is 0 Å². The minimum Gasteiger partial charge on any atom is -0.322 e. The van der Waals surface area contributed by atoms with Gasteiger partial charge in [-0.15, -0.1) is 0 Å². The van der Waals surface area contributed by atoms with E-state index >= 15 is 0 Å². The van der Waals surface area contributed by atoms with E-state index in [0.717, 1.165) is 36.7 Å². The van der Waals surface area contributed by atoms with Gasteiger partial charge in [-0.25, -0.2) is 0 Å². The van der Waals surface area contributed by atoms with E-state index in [1.54, 1.807) is 0 Å². The molecular weight excluding hydrogens is 386 g/mol. The molecule has 1 fully saturated rings. The van der Waals surface area contributed by atoms with Crippen LogP contribution in [0.4, 0.5) is 11.4 Å². The van der Waals surface area contributed by atoms with Gasteiger partial charge in [0.15, 0.2) is 0 Å². The molecule has 1 heterocycles. The largest absolute Gasteiger partial charge is 0.322 e. The van der Waals surface area contributed by atoms with Gasteiger partial charge in [-0.05, 0) is 36.2 Å². The summed E-state index contributed by atoms with van der Waals surface area (Å²) in [6.45, 7) is 4.98. The summed E-state index contributed by atoms with van der Waals surface area (Å²) in [6, 6.07) is 9.91. The van der Waals surface area contributed by atoms with Crippen LogP contribution in [0.25, 0.3) is 0 Å². The van der Waals surface area contributed by atoms with Crippen molar-refractivity contribution in [3.63, 3.8) is 0 Å². The molecule has 1 aliphatic heterocycles. The van der Waals surface area contributed by atoms with Gasteiger partial charge < -0.3 is 5.32 Å². The number of nitro benzene ring substituents is 1. The second kappa shape index (κ2) is 8.73. The minimum atomic E-state index is -0.604. The van der Waals surface area contributed by atoms with Crippen molar-refractivity contribution in [2.45, 2.75) is 13.5 Å². The molecule has 1 amide bonds. The highest BCUT2D eigenvalue weighted by molar-refractivity contribution is 7.99. The summed E-state index contributed by atoms with van der Waals surface area (Å²) in [5.41, 5.74) is 2.43. The van der Waals surface area contributed by atoms with Crippen LogP contribution >= 0.6 is 23.4 Å². The molecule has 0 aliphatic carbocycles. The number of aryl methyl sites for hydroxylation is 1. The highest BCUT2D eigenvalue weighted by atomic mass is 35.5. The van der Waals surface area contributed by atoms with Crippen molar-refractivity contribution >= 4 is 40.6 Å².